The van der Waals surface area contributed by atoms with Crippen molar-refractivity contribution in [3.8, 4) is 11.5 Å². The van der Waals surface area contributed by atoms with E-state index >= 15 is 0 Å². The van der Waals surface area contributed by atoms with Crippen molar-refractivity contribution in [1.82, 2.24) is 5.32 Å². The van der Waals surface area contributed by atoms with E-state index < -0.39 is 0 Å². The van der Waals surface area contributed by atoms with Gasteiger partial charge in [-0.2, -0.15) is 0 Å². The van der Waals surface area contributed by atoms with Crippen LogP contribution in [0.25, 0.3) is 0 Å². The maximum absolute atomic E-state index is 5.87. The molecule has 1 aliphatic heterocycles. The Kier molecular flexibility index (Phi) is 5.93. The van der Waals surface area contributed by atoms with Gasteiger partial charge in [0.25, 0.3) is 0 Å². The molecule has 0 aromatic heterocycles. The topological polar surface area (TPSA) is 30.5 Å². The van der Waals surface area contributed by atoms with E-state index in [1.165, 1.54) is 24.8 Å². The quantitative estimate of drug-likeness (QED) is 0.774. The Morgan fingerprint density at radius 2 is 2.25 bits per heavy atom. The number of nitrogens with one attached hydrogen (secondary N) is 1. The monoisotopic (exact) mass is 275 g/mol. The lowest BCUT2D eigenvalue weighted by atomic mass is 10.0. The third kappa shape index (κ3) is 4.27. The molecule has 0 amide bonds. The maximum Gasteiger partial charge on any atom is 0.161 e. The average Bonchev–Trinajstić information content (AvgIpc) is 2.50. The number of allylic oxidation sites excluding steroid dienone is 1. The summed E-state index contributed by atoms with van der Waals surface area (Å²) in [7, 11) is 1.68. The highest BCUT2D eigenvalue weighted by molar-refractivity contribution is 5.43. The van der Waals surface area contributed by atoms with Crippen LogP contribution in [0.5, 0.6) is 11.5 Å². The molecule has 1 aliphatic rings. The molecule has 2 rings (SSSR count). The third-order valence-electron chi connectivity index (χ3n) is 3.74. The van der Waals surface area contributed by atoms with Crippen molar-refractivity contribution in [3.63, 3.8) is 0 Å². The predicted octanol–water partition coefficient (Wildman–Crippen LogP) is 3.33. The van der Waals surface area contributed by atoms with Crippen molar-refractivity contribution in [1.29, 1.82) is 0 Å². The average molecular weight is 275 g/mol. The van der Waals surface area contributed by atoms with Crippen LogP contribution >= 0.6 is 0 Å². The van der Waals surface area contributed by atoms with Crippen LogP contribution in [0.3, 0.4) is 0 Å². The molecule has 0 aliphatic carbocycles. The van der Waals surface area contributed by atoms with Crippen molar-refractivity contribution in [3.05, 3.63) is 36.4 Å². The molecule has 1 N–H and O–H groups in total. The fourth-order valence-corrected chi connectivity index (χ4v) is 2.61. The lowest BCUT2D eigenvalue weighted by Gasteiger charge is -2.23. The first-order valence-corrected chi connectivity index (χ1v) is 7.47. The van der Waals surface area contributed by atoms with Gasteiger partial charge in [0.05, 0.1) is 13.7 Å². The summed E-state index contributed by atoms with van der Waals surface area (Å²) in [6.45, 7) is 5.63. The summed E-state index contributed by atoms with van der Waals surface area (Å²) in [6.07, 6.45) is 7.69. The van der Waals surface area contributed by atoms with Gasteiger partial charge in [0.15, 0.2) is 11.5 Å². The fraction of sp³-hybridized carbons (Fsp3) is 0.529. The molecule has 110 valence electrons. The largest absolute Gasteiger partial charge is 0.493 e. The van der Waals surface area contributed by atoms with Gasteiger partial charge in [-0.05, 0) is 49.9 Å². The second-order valence-electron chi connectivity index (χ2n) is 5.26. The van der Waals surface area contributed by atoms with E-state index in [4.69, 9.17) is 9.47 Å². The number of hydrogen-bond donors (Lipinski definition) is 1. The van der Waals surface area contributed by atoms with Crippen LogP contribution < -0.4 is 14.8 Å². The van der Waals surface area contributed by atoms with Gasteiger partial charge in [-0.15, -0.1) is 6.58 Å². The highest BCUT2D eigenvalue weighted by atomic mass is 16.5. The fourth-order valence-electron chi connectivity index (χ4n) is 2.61. The Labute approximate surface area is 122 Å². The Balaban J connectivity index is 1.86. The van der Waals surface area contributed by atoms with Gasteiger partial charge in [0.2, 0.25) is 0 Å². The first-order valence-electron chi connectivity index (χ1n) is 7.47. The van der Waals surface area contributed by atoms with Gasteiger partial charge in [-0.3, -0.25) is 0 Å². The van der Waals surface area contributed by atoms with Gasteiger partial charge in [-0.25, -0.2) is 0 Å². The molecule has 3 nitrogen and oxygen atoms in total. The van der Waals surface area contributed by atoms with E-state index in [9.17, 15) is 0 Å². The molecule has 1 fully saturated rings. The number of piperidine rings is 1. The van der Waals surface area contributed by atoms with Crippen molar-refractivity contribution in [2.45, 2.75) is 38.1 Å². The van der Waals surface area contributed by atoms with Gasteiger partial charge in [0, 0.05) is 6.04 Å². The zero-order valence-corrected chi connectivity index (χ0v) is 12.4. The minimum absolute atomic E-state index is 0.606. The van der Waals surface area contributed by atoms with Crippen molar-refractivity contribution in [2.24, 2.45) is 0 Å². The molecule has 0 spiro atoms. The third-order valence-corrected chi connectivity index (χ3v) is 3.74. The van der Waals surface area contributed by atoms with Crippen LogP contribution in [0.4, 0.5) is 0 Å². The molecule has 1 aromatic carbocycles. The zero-order chi connectivity index (χ0) is 14.2. The molecule has 1 saturated heterocycles. The normalized spacial score (nSPS) is 18.6. The standard InChI is InChI=1S/C17H25NO2/c1-3-6-14-8-9-16(17(13-14)19-2)20-12-10-15-7-4-5-11-18-15/h3,8-9,13,15,18H,1,4-7,10-12H2,2H3. The van der Waals surface area contributed by atoms with Crippen LogP contribution in [0.1, 0.15) is 31.2 Å². The summed E-state index contributed by atoms with van der Waals surface area (Å²) in [4.78, 5) is 0. The van der Waals surface area contributed by atoms with Crippen LogP contribution in [-0.4, -0.2) is 26.3 Å². The highest BCUT2D eigenvalue weighted by Gasteiger charge is 2.13. The molecule has 1 unspecified atom stereocenters. The number of methoxy groups -OCH3 is 1. The van der Waals surface area contributed by atoms with E-state index in [2.05, 4.69) is 18.0 Å². The zero-order valence-electron chi connectivity index (χ0n) is 12.4. The van der Waals surface area contributed by atoms with Gasteiger partial charge in [0.1, 0.15) is 0 Å². The van der Waals surface area contributed by atoms with Gasteiger partial charge < -0.3 is 14.8 Å². The smallest absolute Gasteiger partial charge is 0.161 e. The molecular formula is C17H25NO2. The summed E-state index contributed by atoms with van der Waals surface area (Å²) < 4.78 is 11.3. The Morgan fingerprint density at radius 3 is 2.95 bits per heavy atom. The van der Waals surface area contributed by atoms with E-state index in [0.29, 0.717) is 6.04 Å². The van der Waals surface area contributed by atoms with Crippen LogP contribution in [-0.2, 0) is 6.42 Å². The van der Waals surface area contributed by atoms with Crippen LogP contribution in [0.15, 0.2) is 30.9 Å². The molecule has 0 radical (unpaired) electrons. The molecule has 1 aromatic rings. The number of ether oxygens (including phenoxy) is 2. The Bertz CT molecular complexity index is 425. The minimum atomic E-state index is 0.606. The summed E-state index contributed by atoms with van der Waals surface area (Å²) in [5, 5.41) is 3.54. The van der Waals surface area contributed by atoms with Gasteiger partial charge >= 0.3 is 0 Å². The van der Waals surface area contributed by atoms with E-state index in [0.717, 1.165) is 37.5 Å². The molecule has 0 bridgehead atoms. The van der Waals surface area contributed by atoms with Crippen LogP contribution in [0.2, 0.25) is 0 Å². The van der Waals surface area contributed by atoms with E-state index in [-0.39, 0.29) is 0 Å². The van der Waals surface area contributed by atoms with Crippen molar-refractivity contribution in [2.75, 3.05) is 20.3 Å². The summed E-state index contributed by atoms with van der Waals surface area (Å²) in [6, 6.07) is 6.69. The van der Waals surface area contributed by atoms with Crippen molar-refractivity contribution >= 4 is 0 Å². The van der Waals surface area contributed by atoms with Crippen LogP contribution in [0, 0.1) is 0 Å². The second kappa shape index (κ2) is 7.95. The molecule has 1 heterocycles. The first kappa shape index (κ1) is 14.9. The minimum Gasteiger partial charge on any atom is -0.493 e. The predicted molar refractivity (Wildman–Crippen MR) is 82.6 cm³/mol. The Morgan fingerprint density at radius 1 is 1.35 bits per heavy atom. The number of rotatable bonds is 7. The molecule has 20 heavy (non-hydrogen) atoms. The highest BCUT2D eigenvalue weighted by Crippen LogP contribution is 2.28. The number of hydrogen-bond acceptors (Lipinski definition) is 3. The van der Waals surface area contributed by atoms with E-state index in [1.54, 1.807) is 7.11 Å². The molecule has 1 atom stereocenters. The molecule has 0 saturated carbocycles. The summed E-state index contributed by atoms with van der Waals surface area (Å²) in [5.74, 6) is 1.64. The maximum atomic E-state index is 5.87. The summed E-state index contributed by atoms with van der Waals surface area (Å²) >= 11 is 0. The van der Waals surface area contributed by atoms with Crippen molar-refractivity contribution < 1.29 is 9.47 Å². The Hall–Kier alpha value is -1.48. The van der Waals surface area contributed by atoms with Gasteiger partial charge in [-0.1, -0.05) is 18.6 Å². The second-order valence-corrected chi connectivity index (χ2v) is 5.26. The molecular weight excluding hydrogens is 250 g/mol. The first-order chi connectivity index (χ1) is 9.83. The number of benzene rings is 1. The SMILES string of the molecule is C=CCc1ccc(OCCC2CCCCN2)c(OC)c1. The lowest BCUT2D eigenvalue weighted by Crippen LogP contribution is -2.35. The molecule has 3 heteroatoms. The van der Waals surface area contributed by atoms with E-state index in [1.807, 2.05) is 18.2 Å². The summed E-state index contributed by atoms with van der Waals surface area (Å²) in [5.41, 5.74) is 1.19. The lowest BCUT2D eigenvalue weighted by molar-refractivity contribution is 0.257.